The maximum Gasteiger partial charge on any atom is 0.332 e. The molecule has 8 heteroatoms. The molecule has 8 nitrogen and oxygen atoms in total. The van der Waals surface area contributed by atoms with E-state index < -0.39 is 11.2 Å². The molecule has 2 aromatic heterocycles. The Morgan fingerprint density at radius 1 is 0.900 bits per heavy atom. The zero-order chi connectivity index (χ0) is 21.3. The van der Waals surface area contributed by atoms with Crippen LogP contribution >= 0.6 is 0 Å². The lowest BCUT2D eigenvalue weighted by Gasteiger charge is -2.13. The van der Waals surface area contributed by atoms with E-state index in [9.17, 15) is 14.4 Å². The molecule has 0 bridgehead atoms. The second kappa shape index (κ2) is 7.67. The van der Waals surface area contributed by atoms with Crippen molar-refractivity contribution < 1.29 is 4.79 Å². The Kier molecular flexibility index (Phi) is 4.89. The minimum Gasteiger partial charge on any atom is -0.355 e. The number of anilines is 3. The predicted molar refractivity (Wildman–Crippen MR) is 116 cm³/mol. The fourth-order valence-electron chi connectivity index (χ4n) is 3.20. The van der Waals surface area contributed by atoms with E-state index >= 15 is 0 Å². The number of aryl methyl sites for hydroxylation is 1. The molecule has 0 aliphatic heterocycles. The van der Waals surface area contributed by atoms with E-state index in [0.717, 1.165) is 10.3 Å². The van der Waals surface area contributed by atoms with Crippen molar-refractivity contribution in [2.45, 2.75) is 0 Å². The summed E-state index contributed by atoms with van der Waals surface area (Å²) in [4.78, 5) is 41.6. The van der Waals surface area contributed by atoms with Gasteiger partial charge in [0.25, 0.3) is 11.5 Å². The number of carbonyl (C=O) groups excluding carboxylic acids is 1. The van der Waals surface area contributed by atoms with E-state index in [-0.39, 0.29) is 16.9 Å². The standard InChI is InChI=1S/C22H19N5O3/c1-26-19-17(21(29)27(2)22(26)30)12-15(13-23-19)25-20(28)16-10-6-7-11-18(16)24-14-8-4-3-5-9-14/h3-13,24H,1-2H3,(H,25,28). The molecule has 1 amide bonds. The number of benzene rings is 2. The summed E-state index contributed by atoms with van der Waals surface area (Å²) < 4.78 is 2.30. The van der Waals surface area contributed by atoms with Gasteiger partial charge in [0.15, 0.2) is 0 Å². The monoisotopic (exact) mass is 401 g/mol. The molecule has 0 atom stereocenters. The van der Waals surface area contributed by atoms with Crippen LogP contribution in [-0.2, 0) is 14.1 Å². The highest BCUT2D eigenvalue weighted by atomic mass is 16.2. The molecule has 0 aliphatic carbocycles. The Morgan fingerprint density at radius 2 is 1.60 bits per heavy atom. The summed E-state index contributed by atoms with van der Waals surface area (Å²) in [6.45, 7) is 0. The van der Waals surface area contributed by atoms with Gasteiger partial charge in [-0.3, -0.25) is 18.7 Å². The van der Waals surface area contributed by atoms with E-state index in [4.69, 9.17) is 0 Å². The van der Waals surface area contributed by atoms with Crippen LogP contribution in [0.2, 0.25) is 0 Å². The first-order valence-electron chi connectivity index (χ1n) is 9.24. The van der Waals surface area contributed by atoms with Crippen molar-refractivity contribution in [2.75, 3.05) is 10.6 Å². The lowest BCUT2D eigenvalue weighted by Crippen LogP contribution is -2.37. The Morgan fingerprint density at radius 3 is 2.37 bits per heavy atom. The first kappa shape index (κ1) is 19.1. The molecular formula is C22H19N5O3. The van der Waals surface area contributed by atoms with E-state index in [1.807, 2.05) is 42.5 Å². The van der Waals surface area contributed by atoms with Crippen LogP contribution in [0.3, 0.4) is 0 Å². The van der Waals surface area contributed by atoms with Crippen LogP contribution in [0.15, 0.2) is 76.4 Å². The van der Waals surface area contributed by atoms with Crippen LogP contribution in [-0.4, -0.2) is 20.0 Å². The quantitative estimate of drug-likeness (QED) is 0.548. The van der Waals surface area contributed by atoms with Crippen LogP contribution in [0, 0.1) is 0 Å². The van der Waals surface area contributed by atoms with Crippen LogP contribution in [0.5, 0.6) is 0 Å². The topological polar surface area (TPSA) is 98.0 Å². The smallest absolute Gasteiger partial charge is 0.332 e. The molecule has 2 N–H and O–H groups in total. The minimum absolute atomic E-state index is 0.244. The molecule has 4 aromatic rings. The number of amides is 1. The highest BCUT2D eigenvalue weighted by Crippen LogP contribution is 2.22. The van der Waals surface area contributed by atoms with E-state index in [2.05, 4.69) is 15.6 Å². The highest BCUT2D eigenvalue weighted by Gasteiger charge is 2.14. The SMILES string of the molecule is Cn1c(=O)c2cc(NC(=O)c3ccccc3Nc3ccccc3)cnc2n(C)c1=O. The van der Waals surface area contributed by atoms with Gasteiger partial charge in [-0.25, -0.2) is 9.78 Å². The summed E-state index contributed by atoms with van der Waals surface area (Å²) in [5.41, 5.74) is 1.63. The summed E-state index contributed by atoms with van der Waals surface area (Å²) >= 11 is 0. The summed E-state index contributed by atoms with van der Waals surface area (Å²) in [6, 6.07) is 18.2. The number of aromatic nitrogens is 3. The van der Waals surface area contributed by atoms with E-state index in [0.29, 0.717) is 16.9 Å². The summed E-state index contributed by atoms with van der Waals surface area (Å²) in [7, 11) is 2.95. The van der Waals surface area contributed by atoms with Crippen molar-refractivity contribution in [3.05, 3.63) is 93.3 Å². The molecule has 0 spiro atoms. The third-order valence-corrected chi connectivity index (χ3v) is 4.78. The number of rotatable bonds is 4. The number of fused-ring (bicyclic) bond motifs is 1. The fourth-order valence-corrected chi connectivity index (χ4v) is 3.20. The molecule has 0 unspecified atom stereocenters. The average Bonchev–Trinajstić information content (AvgIpc) is 2.77. The molecule has 0 fully saturated rings. The van der Waals surface area contributed by atoms with Gasteiger partial charge in [0, 0.05) is 19.8 Å². The van der Waals surface area contributed by atoms with Crippen molar-refractivity contribution in [3.63, 3.8) is 0 Å². The molecule has 150 valence electrons. The van der Waals surface area contributed by atoms with Crippen molar-refractivity contribution in [1.82, 2.24) is 14.1 Å². The molecule has 2 aromatic carbocycles. The second-order valence-electron chi connectivity index (χ2n) is 6.79. The van der Waals surface area contributed by atoms with Gasteiger partial charge in [-0.05, 0) is 30.3 Å². The first-order valence-corrected chi connectivity index (χ1v) is 9.24. The Balaban J connectivity index is 1.67. The largest absolute Gasteiger partial charge is 0.355 e. The summed E-state index contributed by atoms with van der Waals surface area (Å²) in [5, 5.41) is 6.26. The molecule has 4 rings (SSSR count). The molecule has 0 saturated heterocycles. The number of hydrogen-bond acceptors (Lipinski definition) is 5. The molecule has 30 heavy (non-hydrogen) atoms. The van der Waals surface area contributed by atoms with Crippen molar-refractivity contribution >= 4 is 34.0 Å². The van der Waals surface area contributed by atoms with E-state index in [1.54, 1.807) is 19.2 Å². The van der Waals surface area contributed by atoms with E-state index in [1.165, 1.54) is 23.9 Å². The number of nitrogens with zero attached hydrogens (tertiary/aromatic N) is 3. The van der Waals surface area contributed by atoms with Gasteiger partial charge in [-0.15, -0.1) is 0 Å². The lowest BCUT2D eigenvalue weighted by molar-refractivity contribution is 0.102. The maximum absolute atomic E-state index is 12.9. The van der Waals surface area contributed by atoms with Gasteiger partial charge in [0.2, 0.25) is 0 Å². The molecule has 2 heterocycles. The molecular weight excluding hydrogens is 382 g/mol. The zero-order valence-corrected chi connectivity index (χ0v) is 16.4. The Labute approximate surface area is 171 Å². The molecule has 0 saturated carbocycles. The van der Waals surface area contributed by atoms with Crippen LogP contribution in [0.25, 0.3) is 11.0 Å². The number of hydrogen-bond donors (Lipinski definition) is 2. The van der Waals surface area contributed by atoms with Gasteiger partial charge in [-0.1, -0.05) is 30.3 Å². The fraction of sp³-hybridized carbons (Fsp3) is 0.0909. The van der Waals surface area contributed by atoms with Crippen LogP contribution < -0.4 is 21.9 Å². The summed E-state index contributed by atoms with van der Waals surface area (Å²) in [6.07, 6.45) is 1.42. The van der Waals surface area contributed by atoms with Gasteiger partial charge >= 0.3 is 5.69 Å². The molecule has 0 aliphatic rings. The Hall–Kier alpha value is -4.20. The second-order valence-corrected chi connectivity index (χ2v) is 6.79. The van der Waals surface area contributed by atoms with Gasteiger partial charge in [0.05, 0.1) is 28.5 Å². The number of para-hydroxylation sites is 2. The number of pyridine rings is 1. The molecule has 0 radical (unpaired) electrons. The lowest BCUT2D eigenvalue weighted by atomic mass is 10.1. The number of carbonyl (C=O) groups is 1. The zero-order valence-electron chi connectivity index (χ0n) is 16.4. The predicted octanol–water partition coefficient (Wildman–Crippen LogP) is 2.63. The third-order valence-electron chi connectivity index (χ3n) is 4.78. The highest BCUT2D eigenvalue weighted by molar-refractivity contribution is 6.08. The van der Waals surface area contributed by atoms with Gasteiger partial charge in [-0.2, -0.15) is 0 Å². The van der Waals surface area contributed by atoms with Crippen molar-refractivity contribution in [1.29, 1.82) is 0 Å². The number of nitrogens with one attached hydrogen (secondary N) is 2. The van der Waals surface area contributed by atoms with Crippen LogP contribution in [0.1, 0.15) is 10.4 Å². The van der Waals surface area contributed by atoms with Gasteiger partial charge < -0.3 is 10.6 Å². The van der Waals surface area contributed by atoms with Crippen molar-refractivity contribution in [3.8, 4) is 0 Å². The maximum atomic E-state index is 12.9. The third kappa shape index (κ3) is 3.46. The van der Waals surface area contributed by atoms with Crippen LogP contribution in [0.4, 0.5) is 17.1 Å². The summed E-state index contributed by atoms with van der Waals surface area (Å²) in [5.74, 6) is -0.350. The average molecular weight is 401 g/mol. The Bertz CT molecular complexity index is 1370. The van der Waals surface area contributed by atoms with Gasteiger partial charge in [0.1, 0.15) is 5.65 Å². The first-order chi connectivity index (χ1) is 14.5. The normalized spacial score (nSPS) is 10.7. The van der Waals surface area contributed by atoms with Crippen molar-refractivity contribution in [2.24, 2.45) is 14.1 Å². The minimum atomic E-state index is -0.470.